The molecule has 0 fully saturated rings. The van der Waals surface area contributed by atoms with Gasteiger partial charge in [0.1, 0.15) is 12.6 Å². The Hall–Kier alpha value is -2.00. The number of rotatable bonds is 11. The summed E-state index contributed by atoms with van der Waals surface area (Å²) in [6.07, 6.45) is 2.02. The van der Waals surface area contributed by atoms with Gasteiger partial charge in [-0.2, -0.15) is 0 Å². The second-order valence-corrected chi connectivity index (χ2v) is 11.4. The minimum atomic E-state index is -3.87. The van der Waals surface area contributed by atoms with Crippen LogP contribution in [-0.4, -0.2) is 50.0 Å². The highest BCUT2D eigenvalue weighted by Gasteiger charge is 2.33. The number of para-hydroxylation sites is 1. The van der Waals surface area contributed by atoms with Crippen molar-refractivity contribution in [1.29, 1.82) is 0 Å². The quantitative estimate of drug-likeness (QED) is 0.411. The van der Waals surface area contributed by atoms with Crippen molar-refractivity contribution >= 4 is 62.3 Å². The monoisotopic (exact) mass is 561 g/mol. The summed E-state index contributed by atoms with van der Waals surface area (Å²) in [4.78, 5) is 28.1. The van der Waals surface area contributed by atoms with Crippen LogP contribution in [0.15, 0.2) is 42.5 Å². The Morgan fingerprint density at radius 1 is 1.00 bits per heavy atom. The SMILES string of the molecule is CC[C@H](C(=O)N[C@@H](C)CC)N(Cc1ccc(Cl)cc1Cl)C(=O)CN(c1ccccc1Cl)S(C)(=O)=O. The van der Waals surface area contributed by atoms with E-state index in [0.717, 1.165) is 10.6 Å². The first-order valence-electron chi connectivity index (χ1n) is 11.1. The third-order valence-corrected chi connectivity index (χ3v) is 7.58. The molecule has 2 rings (SSSR count). The summed E-state index contributed by atoms with van der Waals surface area (Å²) < 4.78 is 26.2. The van der Waals surface area contributed by atoms with Gasteiger partial charge in [-0.1, -0.05) is 66.8 Å². The topological polar surface area (TPSA) is 86.8 Å². The lowest BCUT2D eigenvalue weighted by Gasteiger charge is -2.33. The van der Waals surface area contributed by atoms with Crippen LogP contribution in [0.3, 0.4) is 0 Å². The Labute approximate surface area is 222 Å². The van der Waals surface area contributed by atoms with E-state index in [2.05, 4.69) is 5.32 Å². The number of nitrogens with zero attached hydrogens (tertiary/aromatic N) is 2. The van der Waals surface area contributed by atoms with Gasteiger partial charge in [0.2, 0.25) is 21.8 Å². The van der Waals surface area contributed by atoms with Crippen LogP contribution in [0.4, 0.5) is 5.69 Å². The fourth-order valence-corrected chi connectivity index (χ4v) is 5.06. The van der Waals surface area contributed by atoms with E-state index in [4.69, 9.17) is 34.8 Å². The molecule has 1 N–H and O–H groups in total. The molecule has 0 aliphatic carbocycles. The maximum Gasteiger partial charge on any atom is 0.244 e. The Morgan fingerprint density at radius 3 is 2.20 bits per heavy atom. The van der Waals surface area contributed by atoms with Gasteiger partial charge in [-0.15, -0.1) is 0 Å². The molecule has 0 saturated carbocycles. The summed E-state index contributed by atoms with van der Waals surface area (Å²) in [7, 11) is -3.87. The van der Waals surface area contributed by atoms with Gasteiger partial charge in [0.25, 0.3) is 0 Å². The van der Waals surface area contributed by atoms with E-state index < -0.39 is 28.5 Å². The highest BCUT2D eigenvalue weighted by atomic mass is 35.5. The number of nitrogens with one attached hydrogen (secondary N) is 1. The van der Waals surface area contributed by atoms with Crippen molar-refractivity contribution in [1.82, 2.24) is 10.2 Å². The first-order chi connectivity index (χ1) is 16.4. The number of carbonyl (C=O) groups is 2. The first-order valence-corrected chi connectivity index (χ1v) is 14.1. The highest BCUT2D eigenvalue weighted by Crippen LogP contribution is 2.28. The van der Waals surface area contributed by atoms with Crippen LogP contribution in [0.1, 0.15) is 39.2 Å². The van der Waals surface area contributed by atoms with Crippen LogP contribution in [-0.2, 0) is 26.2 Å². The molecule has 0 aliphatic heterocycles. The summed E-state index contributed by atoms with van der Waals surface area (Å²) >= 11 is 18.6. The first kappa shape index (κ1) is 29.2. The molecule has 0 unspecified atom stereocenters. The predicted molar refractivity (Wildman–Crippen MR) is 143 cm³/mol. The second kappa shape index (κ2) is 12.8. The summed E-state index contributed by atoms with van der Waals surface area (Å²) in [6, 6.07) is 10.3. The van der Waals surface area contributed by atoms with E-state index in [0.29, 0.717) is 28.5 Å². The fourth-order valence-electron chi connectivity index (χ4n) is 3.44. The molecule has 2 aromatic carbocycles. The number of hydrogen-bond acceptors (Lipinski definition) is 4. The molecule has 2 amide bonds. The molecule has 0 spiro atoms. The number of anilines is 1. The zero-order valence-corrected chi connectivity index (χ0v) is 23.2. The smallest absolute Gasteiger partial charge is 0.244 e. The maximum absolute atomic E-state index is 13.7. The molecule has 0 aliphatic rings. The van der Waals surface area contributed by atoms with E-state index in [1.165, 1.54) is 11.0 Å². The summed E-state index contributed by atoms with van der Waals surface area (Å²) in [5, 5.41) is 3.85. The lowest BCUT2D eigenvalue weighted by molar-refractivity contribution is -0.140. The van der Waals surface area contributed by atoms with Gasteiger partial charge in [0.05, 0.1) is 17.0 Å². The minimum absolute atomic E-state index is 0.0125. The van der Waals surface area contributed by atoms with Gasteiger partial charge in [-0.3, -0.25) is 13.9 Å². The van der Waals surface area contributed by atoms with Gasteiger partial charge in [0, 0.05) is 22.6 Å². The molecule has 0 bridgehead atoms. The number of amides is 2. The van der Waals surface area contributed by atoms with Crippen LogP contribution in [0.2, 0.25) is 15.1 Å². The average molecular weight is 563 g/mol. The van der Waals surface area contributed by atoms with Crippen molar-refractivity contribution in [2.75, 3.05) is 17.1 Å². The molecule has 11 heteroatoms. The lowest BCUT2D eigenvalue weighted by Crippen LogP contribution is -2.53. The predicted octanol–water partition coefficient (Wildman–Crippen LogP) is 5.13. The lowest BCUT2D eigenvalue weighted by atomic mass is 10.1. The zero-order valence-electron chi connectivity index (χ0n) is 20.1. The molecule has 0 saturated heterocycles. The third kappa shape index (κ3) is 8.00. The Balaban J connectivity index is 2.49. The van der Waals surface area contributed by atoms with E-state index >= 15 is 0 Å². The van der Waals surface area contributed by atoms with Crippen molar-refractivity contribution in [2.45, 2.75) is 52.2 Å². The van der Waals surface area contributed by atoms with Gasteiger partial charge in [-0.25, -0.2) is 8.42 Å². The zero-order chi connectivity index (χ0) is 26.3. The van der Waals surface area contributed by atoms with Gasteiger partial charge in [-0.05, 0) is 49.6 Å². The number of hydrogen-bond donors (Lipinski definition) is 1. The molecule has 2 aromatic rings. The molecular formula is C24H30Cl3N3O4S. The van der Waals surface area contributed by atoms with Gasteiger partial charge < -0.3 is 10.2 Å². The number of carbonyl (C=O) groups excluding carboxylic acids is 2. The van der Waals surface area contributed by atoms with E-state index in [9.17, 15) is 18.0 Å². The Morgan fingerprint density at radius 2 is 1.66 bits per heavy atom. The molecule has 2 atom stereocenters. The van der Waals surface area contributed by atoms with Gasteiger partial charge in [0.15, 0.2) is 0 Å². The van der Waals surface area contributed by atoms with E-state index in [1.807, 2.05) is 13.8 Å². The van der Waals surface area contributed by atoms with Crippen molar-refractivity contribution in [3.63, 3.8) is 0 Å². The molecule has 35 heavy (non-hydrogen) atoms. The third-order valence-electron chi connectivity index (χ3n) is 5.54. The van der Waals surface area contributed by atoms with Crippen molar-refractivity contribution in [3.05, 3.63) is 63.1 Å². The highest BCUT2D eigenvalue weighted by molar-refractivity contribution is 7.92. The van der Waals surface area contributed by atoms with Crippen LogP contribution < -0.4 is 9.62 Å². The summed E-state index contributed by atoms with van der Waals surface area (Å²) in [5.41, 5.74) is 0.745. The largest absolute Gasteiger partial charge is 0.352 e. The van der Waals surface area contributed by atoms with Crippen molar-refractivity contribution in [2.24, 2.45) is 0 Å². The summed E-state index contributed by atoms with van der Waals surface area (Å²) in [5.74, 6) is -0.906. The second-order valence-electron chi connectivity index (χ2n) is 8.22. The molecule has 0 radical (unpaired) electrons. The Bertz CT molecular complexity index is 1160. The number of halogens is 3. The van der Waals surface area contributed by atoms with E-state index in [1.54, 1.807) is 43.3 Å². The molecule has 7 nitrogen and oxygen atoms in total. The molecule has 0 heterocycles. The van der Waals surface area contributed by atoms with Crippen molar-refractivity contribution in [3.8, 4) is 0 Å². The van der Waals surface area contributed by atoms with Crippen LogP contribution >= 0.6 is 34.8 Å². The van der Waals surface area contributed by atoms with Crippen LogP contribution in [0, 0.1) is 0 Å². The fraction of sp³-hybridized carbons (Fsp3) is 0.417. The van der Waals surface area contributed by atoms with Gasteiger partial charge >= 0.3 is 0 Å². The number of benzene rings is 2. The van der Waals surface area contributed by atoms with Crippen LogP contribution in [0.5, 0.6) is 0 Å². The minimum Gasteiger partial charge on any atom is -0.352 e. The molecule has 0 aromatic heterocycles. The summed E-state index contributed by atoms with van der Waals surface area (Å²) in [6.45, 7) is 5.04. The normalized spacial score (nSPS) is 13.1. The van der Waals surface area contributed by atoms with Crippen molar-refractivity contribution < 1.29 is 18.0 Å². The Kier molecular flexibility index (Phi) is 10.7. The maximum atomic E-state index is 13.7. The van der Waals surface area contributed by atoms with Crippen LogP contribution in [0.25, 0.3) is 0 Å². The average Bonchev–Trinajstić information content (AvgIpc) is 2.78. The van der Waals surface area contributed by atoms with E-state index in [-0.39, 0.29) is 29.2 Å². The number of sulfonamides is 1. The molecular weight excluding hydrogens is 533 g/mol. The standard InChI is InChI=1S/C24H30Cl3N3O4S/c1-5-16(3)28-24(32)21(6-2)29(14-17-11-12-18(25)13-20(17)27)23(31)15-30(35(4,33)34)22-10-8-7-9-19(22)26/h7-13,16,21H,5-6,14-15H2,1-4H3,(H,28,32)/t16-,21+/m0/s1. The molecule has 192 valence electrons.